The highest BCUT2D eigenvalue weighted by atomic mass is 32.2. The van der Waals surface area contributed by atoms with Crippen LogP contribution in [0.25, 0.3) is 10.9 Å². The molecular formula is C13H15N3S. The molecule has 1 fully saturated rings. The Balaban J connectivity index is 1.89. The van der Waals surface area contributed by atoms with E-state index < -0.39 is 0 Å². The zero-order valence-corrected chi connectivity index (χ0v) is 10.4. The molecule has 0 unspecified atom stereocenters. The molecule has 1 aromatic heterocycles. The minimum atomic E-state index is 0.564. The molecule has 3 nitrogen and oxygen atoms in total. The fourth-order valence-corrected chi connectivity index (χ4v) is 3.26. The highest BCUT2D eigenvalue weighted by Crippen LogP contribution is 2.23. The first-order valence-corrected chi connectivity index (χ1v) is 7.13. The van der Waals surface area contributed by atoms with Crippen LogP contribution in [0.5, 0.6) is 0 Å². The van der Waals surface area contributed by atoms with Gasteiger partial charge in [0.05, 0.1) is 5.52 Å². The van der Waals surface area contributed by atoms with Gasteiger partial charge in [0.25, 0.3) is 0 Å². The largest absolute Gasteiger partial charge is 0.367 e. The van der Waals surface area contributed by atoms with Gasteiger partial charge in [0.15, 0.2) is 0 Å². The van der Waals surface area contributed by atoms with E-state index in [1.807, 2.05) is 30.0 Å². The summed E-state index contributed by atoms with van der Waals surface area (Å²) in [5.74, 6) is 3.48. The molecule has 1 aliphatic rings. The molecule has 17 heavy (non-hydrogen) atoms. The first kappa shape index (κ1) is 10.8. The molecule has 4 heteroatoms. The summed E-state index contributed by atoms with van der Waals surface area (Å²) >= 11 is 2.04. The molecule has 2 heterocycles. The summed E-state index contributed by atoms with van der Waals surface area (Å²) in [6.07, 6.45) is 4.09. The maximum absolute atomic E-state index is 4.37. The number of benzene rings is 1. The van der Waals surface area contributed by atoms with Crippen LogP contribution in [-0.4, -0.2) is 27.5 Å². The van der Waals surface area contributed by atoms with Crippen LogP contribution in [0.15, 0.2) is 30.6 Å². The van der Waals surface area contributed by atoms with E-state index in [1.54, 1.807) is 6.33 Å². The second kappa shape index (κ2) is 4.92. The van der Waals surface area contributed by atoms with Crippen LogP contribution in [0.1, 0.15) is 12.8 Å². The maximum atomic E-state index is 4.37. The zero-order valence-electron chi connectivity index (χ0n) is 9.60. The molecule has 2 aromatic rings. The third-order valence-electron chi connectivity index (χ3n) is 3.10. The molecule has 0 radical (unpaired) electrons. The van der Waals surface area contributed by atoms with Crippen molar-refractivity contribution < 1.29 is 0 Å². The van der Waals surface area contributed by atoms with E-state index in [0.29, 0.717) is 6.04 Å². The van der Waals surface area contributed by atoms with Crippen LogP contribution in [-0.2, 0) is 0 Å². The Labute approximate surface area is 105 Å². The quantitative estimate of drug-likeness (QED) is 0.882. The zero-order chi connectivity index (χ0) is 11.5. The molecule has 0 atom stereocenters. The molecule has 1 aromatic carbocycles. The second-order valence-corrected chi connectivity index (χ2v) is 5.50. The molecule has 0 saturated carbocycles. The van der Waals surface area contributed by atoms with Gasteiger partial charge < -0.3 is 5.32 Å². The third-order valence-corrected chi connectivity index (χ3v) is 4.15. The number of thioether (sulfide) groups is 1. The number of para-hydroxylation sites is 1. The molecule has 1 saturated heterocycles. The van der Waals surface area contributed by atoms with E-state index in [9.17, 15) is 0 Å². The molecule has 0 bridgehead atoms. The summed E-state index contributed by atoms with van der Waals surface area (Å²) in [5, 5.41) is 4.68. The number of hydrogen-bond donors (Lipinski definition) is 1. The number of aromatic nitrogens is 2. The summed E-state index contributed by atoms with van der Waals surface area (Å²) in [6.45, 7) is 0. The SMILES string of the molecule is c1ccc2c(NC3CCSCC3)ncnc2c1. The molecule has 1 aliphatic heterocycles. The number of nitrogens with one attached hydrogen (secondary N) is 1. The predicted octanol–water partition coefficient (Wildman–Crippen LogP) is 2.94. The predicted molar refractivity (Wildman–Crippen MR) is 73.5 cm³/mol. The van der Waals surface area contributed by atoms with Crippen molar-refractivity contribution in [2.75, 3.05) is 16.8 Å². The number of rotatable bonds is 2. The van der Waals surface area contributed by atoms with Gasteiger partial charge in [-0.2, -0.15) is 11.8 Å². The van der Waals surface area contributed by atoms with Crippen LogP contribution >= 0.6 is 11.8 Å². The fourth-order valence-electron chi connectivity index (χ4n) is 2.16. The van der Waals surface area contributed by atoms with E-state index >= 15 is 0 Å². The van der Waals surface area contributed by atoms with Gasteiger partial charge in [0.2, 0.25) is 0 Å². The summed E-state index contributed by atoms with van der Waals surface area (Å²) in [7, 11) is 0. The molecule has 3 rings (SSSR count). The first-order chi connectivity index (χ1) is 8.43. The van der Waals surface area contributed by atoms with Crippen molar-refractivity contribution in [1.82, 2.24) is 9.97 Å². The van der Waals surface area contributed by atoms with Gasteiger partial charge in [-0.05, 0) is 36.5 Å². The second-order valence-electron chi connectivity index (χ2n) is 4.27. The number of hydrogen-bond acceptors (Lipinski definition) is 4. The molecule has 0 aliphatic carbocycles. The van der Waals surface area contributed by atoms with Crippen LogP contribution in [0, 0.1) is 0 Å². The van der Waals surface area contributed by atoms with Gasteiger partial charge in [-0.25, -0.2) is 9.97 Å². The lowest BCUT2D eigenvalue weighted by Gasteiger charge is -2.23. The van der Waals surface area contributed by atoms with Crippen molar-refractivity contribution in [3.05, 3.63) is 30.6 Å². The van der Waals surface area contributed by atoms with Gasteiger partial charge in [-0.1, -0.05) is 12.1 Å². The molecule has 1 N–H and O–H groups in total. The van der Waals surface area contributed by atoms with E-state index in [1.165, 1.54) is 24.3 Å². The topological polar surface area (TPSA) is 37.8 Å². The van der Waals surface area contributed by atoms with Gasteiger partial charge >= 0.3 is 0 Å². The Bertz CT molecular complexity index is 503. The van der Waals surface area contributed by atoms with Crippen molar-refractivity contribution in [1.29, 1.82) is 0 Å². The molecule has 0 spiro atoms. The van der Waals surface area contributed by atoms with E-state index in [0.717, 1.165) is 16.7 Å². The summed E-state index contributed by atoms with van der Waals surface area (Å²) in [4.78, 5) is 8.65. The van der Waals surface area contributed by atoms with Crippen molar-refractivity contribution >= 4 is 28.5 Å². The normalized spacial score (nSPS) is 17.2. The minimum absolute atomic E-state index is 0.564. The summed E-state index contributed by atoms with van der Waals surface area (Å²) in [6, 6.07) is 8.72. The van der Waals surface area contributed by atoms with Crippen LogP contribution in [0.4, 0.5) is 5.82 Å². The fraction of sp³-hybridized carbons (Fsp3) is 0.385. The summed E-state index contributed by atoms with van der Waals surface area (Å²) < 4.78 is 0. The highest BCUT2D eigenvalue weighted by molar-refractivity contribution is 7.99. The number of fused-ring (bicyclic) bond motifs is 1. The van der Waals surface area contributed by atoms with E-state index in [-0.39, 0.29) is 0 Å². The highest BCUT2D eigenvalue weighted by Gasteiger charge is 2.14. The lowest BCUT2D eigenvalue weighted by atomic mass is 10.1. The van der Waals surface area contributed by atoms with Crippen LogP contribution in [0.2, 0.25) is 0 Å². The lowest BCUT2D eigenvalue weighted by molar-refractivity contribution is 0.664. The van der Waals surface area contributed by atoms with Gasteiger partial charge in [-0.15, -0.1) is 0 Å². The Morgan fingerprint density at radius 2 is 1.94 bits per heavy atom. The van der Waals surface area contributed by atoms with Crippen molar-refractivity contribution in [3.63, 3.8) is 0 Å². The Kier molecular flexibility index (Phi) is 3.14. The third kappa shape index (κ3) is 2.36. The first-order valence-electron chi connectivity index (χ1n) is 5.97. The van der Waals surface area contributed by atoms with Gasteiger partial charge in [0.1, 0.15) is 12.1 Å². The smallest absolute Gasteiger partial charge is 0.137 e. The summed E-state index contributed by atoms with van der Waals surface area (Å²) in [5.41, 5.74) is 1.01. The molecule has 0 amide bonds. The lowest BCUT2D eigenvalue weighted by Crippen LogP contribution is -2.25. The van der Waals surface area contributed by atoms with E-state index in [2.05, 4.69) is 21.4 Å². The average molecular weight is 245 g/mol. The Morgan fingerprint density at radius 3 is 2.82 bits per heavy atom. The van der Waals surface area contributed by atoms with E-state index in [4.69, 9.17) is 0 Å². The van der Waals surface area contributed by atoms with Crippen LogP contribution < -0.4 is 5.32 Å². The Morgan fingerprint density at radius 1 is 1.12 bits per heavy atom. The molecular weight excluding hydrogens is 230 g/mol. The maximum Gasteiger partial charge on any atom is 0.137 e. The molecule has 88 valence electrons. The van der Waals surface area contributed by atoms with Crippen molar-refractivity contribution in [3.8, 4) is 0 Å². The standard InChI is InChI=1S/C13H15N3S/c1-2-4-12-11(3-1)13(15-9-14-12)16-10-5-7-17-8-6-10/h1-4,9-10H,5-8H2,(H,14,15,16). The average Bonchev–Trinajstić information content (AvgIpc) is 2.40. The van der Waals surface area contributed by atoms with Gasteiger partial charge in [0, 0.05) is 11.4 Å². The number of anilines is 1. The number of nitrogens with zero attached hydrogens (tertiary/aromatic N) is 2. The monoisotopic (exact) mass is 245 g/mol. The minimum Gasteiger partial charge on any atom is -0.367 e. The van der Waals surface area contributed by atoms with Gasteiger partial charge in [-0.3, -0.25) is 0 Å². The van der Waals surface area contributed by atoms with Crippen LogP contribution in [0.3, 0.4) is 0 Å². The van der Waals surface area contributed by atoms with Crippen molar-refractivity contribution in [2.24, 2.45) is 0 Å². The van der Waals surface area contributed by atoms with Crippen molar-refractivity contribution in [2.45, 2.75) is 18.9 Å². The Hall–Kier alpha value is -1.29.